The van der Waals surface area contributed by atoms with E-state index in [0.717, 1.165) is 30.5 Å². The van der Waals surface area contributed by atoms with Crippen molar-refractivity contribution in [1.82, 2.24) is 20.3 Å². The number of hydrogen-bond acceptors (Lipinski definition) is 4. The second-order valence-corrected chi connectivity index (χ2v) is 6.62. The standard InChI is InChI=1S/C17H22N4O2/c1-12-5-3-6-13(9-12)21-10-14(19-20-21)16(23)18-15-7-4-8-17(15,2)11-22/h3,5-6,9-10,15,22H,4,7-8,11H2,1-2H3,(H,18,23). The zero-order valence-corrected chi connectivity index (χ0v) is 13.5. The molecule has 1 fully saturated rings. The van der Waals surface area contributed by atoms with Gasteiger partial charge in [0.2, 0.25) is 0 Å². The Kier molecular flexibility index (Phi) is 4.17. The van der Waals surface area contributed by atoms with Gasteiger partial charge in [-0.25, -0.2) is 4.68 Å². The highest BCUT2D eigenvalue weighted by Crippen LogP contribution is 2.37. The smallest absolute Gasteiger partial charge is 0.273 e. The summed E-state index contributed by atoms with van der Waals surface area (Å²) in [7, 11) is 0. The van der Waals surface area contributed by atoms with Crippen LogP contribution >= 0.6 is 0 Å². The Morgan fingerprint density at radius 2 is 2.35 bits per heavy atom. The third-order valence-electron chi connectivity index (χ3n) is 4.74. The van der Waals surface area contributed by atoms with E-state index in [1.807, 2.05) is 38.1 Å². The molecule has 122 valence electrons. The molecule has 0 bridgehead atoms. The van der Waals surface area contributed by atoms with Gasteiger partial charge in [0.15, 0.2) is 5.69 Å². The molecule has 0 radical (unpaired) electrons. The van der Waals surface area contributed by atoms with Crippen molar-refractivity contribution >= 4 is 5.91 Å². The predicted molar refractivity (Wildman–Crippen MR) is 86.4 cm³/mol. The first kappa shape index (κ1) is 15.7. The SMILES string of the molecule is Cc1cccc(-n2cc(C(=O)NC3CCCC3(C)CO)nn2)c1. The van der Waals surface area contributed by atoms with Gasteiger partial charge in [-0.05, 0) is 37.5 Å². The highest BCUT2D eigenvalue weighted by Gasteiger charge is 2.39. The monoisotopic (exact) mass is 314 g/mol. The van der Waals surface area contributed by atoms with Crippen LogP contribution in [-0.2, 0) is 0 Å². The minimum absolute atomic E-state index is 0.0240. The molecule has 2 unspecified atom stereocenters. The second-order valence-electron chi connectivity index (χ2n) is 6.62. The molecule has 6 nitrogen and oxygen atoms in total. The lowest BCUT2D eigenvalue weighted by molar-refractivity contribution is 0.0826. The van der Waals surface area contributed by atoms with Gasteiger partial charge < -0.3 is 10.4 Å². The van der Waals surface area contributed by atoms with Gasteiger partial charge in [-0.2, -0.15) is 0 Å². The number of amides is 1. The quantitative estimate of drug-likeness (QED) is 0.902. The van der Waals surface area contributed by atoms with Crippen LogP contribution in [0, 0.1) is 12.3 Å². The molecule has 23 heavy (non-hydrogen) atoms. The fourth-order valence-electron chi connectivity index (χ4n) is 3.17. The number of benzene rings is 1. The normalized spacial score (nSPS) is 23.9. The summed E-state index contributed by atoms with van der Waals surface area (Å²) in [5, 5.41) is 20.6. The van der Waals surface area contributed by atoms with Crippen LogP contribution in [0.5, 0.6) is 0 Å². The molecule has 1 saturated carbocycles. The van der Waals surface area contributed by atoms with E-state index in [9.17, 15) is 9.90 Å². The summed E-state index contributed by atoms with van der Waals surface area (Å²) in [5.41, 5.74) is 2.03. The molecule has 6 heteroatoms. The van der Waals surface area contributed by atoms with Gasteiger partial charge in [0.1, 0.15) is 0 Å². The number of rotatable bonds is 4. The number of nitrogens with one attached hydrogen (secondary N) is 1. The first-order valence-electron chi connectivity index (χ1n) is 7.93. The highest BCUT2D eigenvalue weighted by atomic mass is 16.3. The molecule has 0 saturated heterocycles. The van der Waals surface area contributed by atoms with Gasteiger partial charge in [0.05, 0.1) is 18.5 Å². The summed E-state index contributed by atoms with van der Waals surface area (Å²) in [4.78, 5) is 12.4. The van der Waals surface area contributed by atoms with E-state index in [1.54, 1.807) is 10.9 Å². The lowest BCUT2D eigenvalue weighted by atomic mass is 9.86. The molecule has 1 aliphatic rings. The molecular weight excluding hydrogens is 292 g/mol. The summed E-state index contributed by atoms with van der Waals surface area (Å²) in [6, 6.07) is 7.82. The molecular formula is C17H22N4O2. The first-order valence-corrected chi connectivity index (χ1v) is 7.93. The Balaban J connectivity index is 1.74. The Morgan fingerprint density at radius 1 is 1.52 bits per heavy atom. The fourth-order valence-corrected chi connectivity index (χ4v) is 3.17. The molecule has 1 aliphatic carbocycles. The number of hydrogen-bond donors (Lipinski definition) is 2. The third-order valence-corrected chi connectivity index (χ3v) is 4.74. The minimum atomic E-state index is -0.248. The van der Waals surface area contributed by atoms with Gasteiger partial charge >= 0.3 is 0 Å². The van der Waals surface area contributed by atoms with Crippen molar-refractivity contribution in [2.75, 3.05) is 6.61 Å². The maximum absolute atomic E-state index is 12.4. The summed E-state index contributed by atoms with van der Waals surface area (Å²) in [6.07, 6.45) is 4.45. The lowest BCUT2D eigenvalue weighted by Crippen LogP contribution is -2.44. The number of aliphatic hydroxyl groups excluding tert-OH is 1. The Bertz CT molecular complexity index is 712. The van der Waals surface area contributed by atoms with E-state index >= 15 is 0 Å². The van der Waals surface area contributed by atoms with Gasteiger partial charge in [-0.1, -0.05) is 30.7 Å². The first-order chi connectivity index (χ1) is 11.0. The molecule has 1 aromatic carbocycles. The Morgan fingerprint density at radius 3 is 3.09 bits per heavy atom. The fraction of sp³-hybridized carbons (Fsp3) is 0.471. The van der Waals surface area contributed by atoms with Crippen molar-refractivity contribution in [2.45, 2.75) is 39.2 Å². The molecule has 2 N–H and O–H groups in total. The maximum atomic E-state index is 12.4. The maximum Gasteiger partial charge on any atom is 0.273 e. The number of aliphatic hydroxyl groups is 1. The van der Waals surface area contributed by atoms with Crippen molar-refractivity contribution in [1.29, 1.82) is 0 Å². The van der Waals surface area contributed by atoms with Crippen molar-refractivity contribution in [3.63, 3.8) is 0 Å². The van der Waals surface area contributed by atoms with E-state index in [4.69, 9.17) is 0 Å². The molecule has 3 rings (SSSR count). The Hall–Kier alpha value is -2.21. The molecule has 1 amide bonds. The van der Waals surface area contributed by atoms with Crippen LogP contribution in [0.1, 0.15) is 42.2 Å². The van der Waals surface area contributed by atoms with Gasteiger partial charge in [-0.3, -0.25) is 4.79 Å². The second kappa shape index (κ2) is 6.12. The van der Waals surface area contributed by atoms with Gasteiger partial charge in [0.25, 0.3) is 5.91 Å². The van der Waals surface area contributed by atoms with Crippen molar-refractivity contribution < 1.29 is 9.90 Å². The van der Waals surface area contributed by atoms with E-state index in [-0.39, 0.29) is 24.0 Å². The summed E-state index contributed by atoms with van der Waals surface area (Å²) >= 11 is 0. The summed E-state index contributed by atoms with van der Waals surface area (Å²) in [6.45, 7) is 4.09. The molecule has 2 atom stereocenters. The molecule has 0 aliphatic heterocycles. The van der Waals surface area contributed by atoms with E-state index < -0.39 is 0 Å². The Labute approximate surface area is 135 Å². The number of nitrogens with zero attached hydrogens (tertiary/aromatic N) is 3. The summed E-state index contributed by atoms with van der Waals surface area (Å²) < 4.78 is 1.60. The minimum Gasteiger partial charge on any atom is -0.396 e. The topological polar surface area (TPSA) is 80.0 Å². The van der Waals surface area contributed by atoms with Crippen molar-refractivity contribution in [3.05, 3.63) is 41.7 Å². The number of carbonyl (C=O) groups is 1. The average Bonchev–Trinajstić information content (AvgIpc) is 3.16. The predicted octanol–water partition coefficient (Wildman–Crippen LogP) is 1.86. The van der Waals surface area contributed by atoms with Crippen molar-refractivity contribution in [3.8, 4) is 5.69 Å². The van der Waals surface area contributed by atoms with Gasteiger partial charge in [-0.15, -0.1) is 5.10 Å². The van der Waals surface area contributed by atoms with Crippen LogP contribution in [0.3, 0.4) is 0 Å². The number of carbonyl (C=O) groups excluding carboxylic acids is 1. The number of aromatic nitrogens is 3. The number of aryl methyl sites for hydroxylation is 1. The highest BCUT2D eigenvalue weighted by molar-refractivity contribution is 5.92. The van der Waals surface area contributed by atoms with Crippen LogP contribution in [0.25, 0.3) is 5.69 Å². The molecule has 1 aromatic heterocycles. The van der Waals surface area contributed by atoms with E-state index in [1.165, 1.54) is 0 Å². The largest absolute Gasteiger partial charge is 0.396 e. The summed E-state index contributed by atoms with van der Waals surface area (Å²) in [5.74, 6) is -0.240. The van der Waals surface area contributed by atoms with Gasteiger partial charge in [0, 0.05) is 11.5 Å². The zero-order valence-electron chi connectivity index (χ0n) is 13.5. The van der Waals surface area contributed by atoms with E-state index in [2.05, 4.69) is 15.6 Å². The van der Waals surface area contributed by atoms with Crippen LogP contribution in [0.15, 0.2) is 30.5 Å². The van der Waals surface area contributed by atoms with Crippen LogP contribution in [0.2, 0.25) is 0 Å². The average molecular weight is 314 g/mol. The third kappa shape index (κ3) is 3.12. The van der Waals surface area contributed by atoms with Crippen LogP contribution in [0.4, 0.5) is 0 Å². The van der Waals surface area contributed by atoms with E-state index in [0.29, 0.717) is 5.69 Å². The lowest BCUT2D eigenvalue weighted by Gasteiger charge is -2.29. The van der Waals surface area contributed by atoms with Crippen molar-refractivity contribution in [2.24, 2.45) is 5.41 Å². The zero-order chi connectivity index (χ0) is 16.4. The molecule has 0 spiro atoms. The van der Waals surface area contributed by atoms with Crippen LogP contribution < -0.4 is 5.32 Å². The molecule has 1 heterocycles. The molecule has 2 aromatic rings. The van der Waals surface area contributed by atoms with Crippen LogP contribution in [-0.4, -0.2) is 38.7 Å².